The highest BCUT2D eigenvalue weighted by atomic mass is 16.2. The molecule has 0 saturated carbocycles. The number of hydrogen-bond acceptors (Lipinski definition) is 3. The number of hydrogen-bond donors (Lipinski definition) is 3. The van der Waals surface area contributed by atoms with Gasteiger partial charge in [0.05, 0.1) is 11.4 Å². The number of nitrogens with two attached hydrogens (primary N) is 1. The molecule has 0 unspecified atom stereocenters. The summed E-state index contributed by atoms with van der Waals surface area (Å²) in [4.78, 5) is 11.0. The predicted octanol–water partition coefficient (Wildman–Crippen LogP) is 0.926. The van der Waals surface area contributed by atoms with Gasteiger partial charge >= 0.3 is 6.03 Å². The largest absolute Gasteiger partial charge is 0.384 e. The van der Waals surface area contributed by atoms with E-state index in [0.717, 1.165) is 11.4 Å². The Bertz CT molecular complexity index is 549. The Kier molecular flexibility index (Phi) is 4.02. The van der Waals surface area contributed by atoms with E-state index in [9.17, 15) is 4.79 Å². The number of amides is 2. The van der Waals surface area contributed by atoms with Crippen molar-refractivity contribution in [3.63, 3.8) is 0 Å². The van der Waals surface area contributed by atoms with Gasteiger partial charge in [-0.3, -0.25) is 0 Å². The molecule has 4 N–H and O–H groups in total. The Hall–Kier alpha value is -2.50. The molecule has 100 valence electrons. The normalized spacial score (nSPS) is 10.2. The SMILES string of the molecule is CNC(=O)NCCc1cc(N)n(-c2ccccc2)n1. The second-order valence-electron chi connectivity index (χ2n) is 4.06. The van der Waals surface area contributed by atoms with Crippen LogP contribution in [0.15, 0.2) is 36.4 Å². The van der Waals surface area contributed by atoms with E-state index < -0.39 is 0 Å². The van der Waals surface area contributed by atoms with Crippen molar-refractivity contribution in [1.82, 2.24) is 20.4 Å². The Morgan fingerprint density at radius 1 is 1.37 bits per heavy atom. The average molecular weight is 259 g/mol. The molecule has 19 heavy (non-hydrogen) atoms. The van der Waals surface area contributed by atoms with Gasteiger partial charge in [0.15, 0.2) is 0 Å². The van der Waals surface area contributed by atoms with Crippen LogP contribution in [-0.2, 0) is 6.42 Å². The van der Waals surface area contributed by atoms with E-state index >= 15 is 0 Å². The van der Waals surface area contributed by atoms with Crippen LogP contribution in [0.1, 0.15) is 5.69 Å². The molecule has 2 rings (SSSR count). The van der Waals surface area contributed by atoms with E-state index in [1.54, 1.807) is 11.7 Å². The molecule has 1 heterocycles. The quantitative estimate of drug-likeness (QED) is 0.763. The average Bonchev–Trinajstić information content (AvgIpc) is 2.80. The number of nitrogens with zero attached hydrogens (tertiary/aromatic N) is 2. The van der Waals surface area contributed by atoms with Crippen LogP contribution >= 0.6 is 0 Å². The third-order valence-corrected chi connectivity index (χ3v) is 2.68. The molecule has 0 atom stereocenters. The summed E-state index contributed by atoms with van der Waals surface area (Å²) >= 11 is 0. The Labute approximate surface area is 111 Å². The first-order valence-corrected chi connectivity index (χ1v) is 6.06. The minimum absolute atomic E-state index is 0.199. The summed E-state index contributed by atoms with van der Waals surface area (Å²) < 4.78 is 1.69. The molecule has 1 aromatic carbocycles. The van der Waals surface area contributed by atoms with Crippen molar-refractivity contribution in [3.05, 3.63) is 42.1 Å². The third-order valence-electron chi connectivity index (χ3n) is 2.68. The lowest BCUT2D eigenvalue weighted by molar-refractivity contribution is 0.243. The second kappa shape index (κ2) is 5.90. The molecule has 0 bridgehead atoms. The molecule has 0 radical (unpaired) electrons. The summed E-state index contributed by atoms with van der Waals surface area (Å²) in [5.74, 6) is 0.584. The summed E-state index contributed by atoms with van der Waals surface area (Å²) in [5.41, 5.74) is 7.70. The summed E-state index contributed by atoms with van der Waals surface area (Å²) in [6.45, 7) is 0.519. The number of benzene rings is 1. The fourth-order valence-electron chi connectivity index (χ4n) is 1.74. The highest BCUT2D eigenvalue weighted by molar-refractivity contribution is 5.73. The first kappa shape index (κ1) is 12.9. The van der Waals surface area contributed by atoms with Crippen molar-refractivity contribution in [1.29, 1.82) is 0 Å². The van der Waals surface area contributed by atoms with Gasteiger partial charge in [-0.2, -0.15) is 5.10 Å². The number of para-hydroxylation sites is 1. The number of anilines is 1. The van der Waals surface area contributed by atoms with Crippen molar-refractivity contribution in [2.24, 2.45) is 0 Å². The minimum atomic E-state index is -0.199. The van der Waals surface area contributed by atoms with E-state index in [1.807, 2.05) is 36.4 Å². The van der Waals surface area contributed by atoms with Crippen LogP contribution in [0.4, 0.5) is 10.6 Å². The number of carbonyl (C=O) groups is 1. The van der Waals surface area contributed by atoms with Gasteiger partial charge < -0.3 is 16.4 Å². The lowest BCUT2D eigenvalue weighted by atomic mass is 10.3. The molecule has 0 aliphatic carbocycles. The number of nitrogens with one attached hydrogen (secondary N) is 2. The van der Waals surface area contributed by atoms with Crippen molar-refractivity contribution in [3.8, 4) is 5.69 Å². The molecule has 0 aliphatic heterocycles. The van der Waals surface area contributed by atoms with Gasteiger partial charge in [0.1, 0.15) is 5.82 Å². The van der Waals surface area contributed by atoms with Gasteiger partial charge in [0, 0.05) is 26.1 Å². The number of carbonyl (C=O) groups excluding carboxylic acids is 1. The standard InChI is InChI=1S/C13H17N5O/c1-15-13(19)16-8-7-10-9-12(14)18(17-10)11-5-3-2-4-6-11/h2-6,9H,7-8,14H2,1H3,(H2,15,16,19). The maximum absolute atomic E-state index is 11.0. The lowest BCUT2D eigenvalue weighted by Gasteiger charge is -2.03. The first-order valence-electron chi connectivity index (χ1n) is 6.06. The van der Waals surface area contributed by atoms with Crippen molar-refractivity contribution in [2.75, 3.05) is 19.3 Å². The topological polar surface area (TPSA) is 85.0 Å². The monoisotopic (exact) mass is 259 g/mol. The number of urea groups is 1. The molecule has 2 amide bonds. The highest BCUT2D eigenvalue weighted by Crippen LogP contribution is 2.14. The predicted molar refractivity (Wildman–Crippen MR) is 74.1 cm³/mol. The van der Waals surface area contributed by atoms with Crippen LogP contribution < -0.4 is 16.4 Å². The van der Waals surface area contributed by atoms with Crippen LogP contribution in [0.2, 0.25) is 0 Å². The molecule has 0 spiro atoms. The van der Waals surface area contributed by atoms with E-state index in [1.165, 1.54) is 0 Å². The van der Waals surface area contributed by atoms with E-state index in [4.69, 9.17) is 5.73 Å². The van der Waals surface area contributed by atoms with E-state index in [2.05, 4.69) is 15.7 Å². The number of nitrogen functional groups attached to an aromatic ring is 1. The zero-order valence-electron chi connectivity index (χ0n) is 10.8. The van der Waals surface area contributed by atoms with Crippen LogP contribution in [0.25, 0.3) is 5.69 Å². The van der Waals surface area contributed by atoms with Gasteiger partial charge in [0.2, 0.25) is 0 Å². The molecule has 6 nitrogen and oxygen atoms in total. The molecule has 6 heteroatoms. The second-order valence-corrected chi connectivity index (χ2v) is 4.06. The van der Waals surface area contributed by atoms with Gasteiger partial charge in [-0.25, -0.2) is 9.48 Å². The van der Waals surface area contributed by atoms with Gasteiger partial charge in [-0.05, 0) is 12.1 Å². The van der Waals surface area contributed by atoms with Crippen molar-refractivity contribution < 1.29 is 4.79 Å². The molecule has 0 fully saturated rings. The van der Waals surface area contributed by atoms with Crippen molar-refractivity contribution >= 4 is 11.8 Å². The van der Waals surface area contributed by atoms with Crippen LogP contribution in [-0.4, -0.2) is 29.4 Å². The molecule has 1 aromatic heterocycles. The molecular formula is C13H17N5O. The Balaban J connectivity index is 2.03. The third kappa shape index (κ3) is 3.25. The smallest absolute Gasteiger partial charge is 0.314 e. The number of rotatable bonds is 4. The van der Waals surface area contributed by atoms with Crippen LogP contribution in [0.5, 0.6) is 0 Å². The van der Waals surface area contributed by atoms with Gasteiger partial charge in [-0.1, -0.05) is 18.2 Å². The van der Waals surface area contributed by atoms with Crippen LogP contribution in [0, 0.1) is 0 Å². The molecular weight excluding hydrogens is 242 g/mol. The molecule has 2 aromatic rings. The summed E-state index contributed by atoms with van der Waals surface area (Å²) in [5, 5.41) is 9.63. The van der Waals surface area contributed by atoms with E-state index in [0.29, 0.717) is 18.8 Å². The zero-order valence-corrected chi connectivity index (χ0v) is 10.8. The van der Waals surface area contributed by atoms with Crippen molar-refractivity contribution in [2.45, 2.75) is 6.42 Å². The Morgan fingerprint density at radius 2 is 2.11 bits per heavy atom. The maximum Gasteiger partial charge on any atom is 0.314 e. The summed E-state index contributed by atoms with van der Waals surface area (Å²) in [6, 6.07) is 11.3. The van der Waals surface area contributed by atoms with E-state index in [-0.39, 0.29) is 6.03 Å². The van der Waals surface area contributed by atoms with Gasteiger partial charge in [0.25, 0.3) is 0 Å². The zero-order chi connectivity index (χ0) is 13.7. The number of aromatic nitrogens is 2. The fraction of sp³-hybridized carbons (Fsp3) is 0.231. The molecule has 0 aliphatic rings. The minimum Gasteiger partial charge on any atom is -0.384 e. The maximum atomic E-state index is 11.0. The highest BCUT2D eigenvalue weighted by Gasteiger charge is 2.06. The summed E-state index contributed by atoms with van der Waals surface area (Å²) in [7, 11) is 1.58. The fourth-order valence-corrected chi connectivity index (χ4v) is 1.74. The van der Waals surface area contributed by atoms with Gasteiger partial charge in [-0.15, -0.1) is 0 Å². The Morgan fingerprint density at radius 3 is 2.79 bits per heavy atom. The molecule has 0 saturated heterocycles. The summed E-state index contributed by atoms with van der Waals surface area (Å²) in [6.07, 6.45) is 0.636. The van der Waals surface area contributed by atoms with Crippen LogP contribution in [0.3, 0.4) is 0 Å². The first-order chi connectivity index (χ1) is 9.20. The lowest BCUT2D eigenvalue weighted by Crippen LogP contribution is -2.34.